The van der Waals surface area contributed by atoms with Crippen molar-refractivity contribution in [1.82, 2.24) is 10.6 Å². The monoisotopic (exact) mass is 246 g/mol. The van der Waals surface area contributed by atoms with E-state index in [-0.39, 0.29) is 6.03 Å². The maximum absolute atomic E-state index is 11.5. The summed E-state index contributed by atoms with van der Waals surface area (Å²) in [4.78, 5) is 11.5. The largest absolute Gasteiger partial charge is 0.497 e. The molecule has 96 valence electrons. The molecule has 4 heteroatoms. The minimum absolute atomic E-state index is 0.185. The molecule has 18 heavy (non-hydrogen) atoms. The molecule has 2 rings (SSSR count). The van der Waals surface area contributed by atoms with Gasteiger partial charge in [0.05, 0.1) is 7.11 Å². The molecule has 2 N–H and O–H groups in total. The highest BCUT2D eigenvalue weighted by Gasteiger charge is 2.16. The molecule has 1 aliphatic rings. The van der Waals surface area contributed by atoms with Gasteiger partial charge in [-0.15, -0.1) is 0 Å². The van der Waals surface area contributed by atoms with Gasteiger partial charge in [-0.05, 0) is 36.5 Å². The Morgan fingerprint density at radius 3 is 3.06 bits per heavy atom. The van der Waals surface area contributed by atoms with E-state index >= 15 is 0 Å². The molecule has 0 radical (unpaired) electrons. The van der Waals surface area contributed by atoms with Gasteiger partial charge in [0.15, 0.2) is 0 Å². The standard InChI is InChI=1S/C14H18N2O2/c1-18-13-4-2-3-12(9-13)10-16-14(17)15-8-7-11-5-6-11/h2-4,7-9,11H,5-6,10H2,1H3,(H2,15,16,17)/b8-7+. The maximum atomic E-state index is 11.5. The molecule has 1 saturated carbocycles. The van der Waals surface area contributed by atoms with Crippen LogP contribution in [0.15, 0.2) is 36.5 Å². The fourth-order valence-electron chi connectivity index (χ4n) is 1.56. The first kappa shape index (κ1) is 12.5. The van der Waals surface area contributed by atoms with Gasteiger partial charge in [0, 0.05) is 12.7 Å². The van der Waals surface area contributed by atoms with Gasteiger partial charge >= 0.3 is 6.03 Å². The molecular weight excluding hydrogens is 228 g/mol. The lowest BCUT2D eigenvalue weighted by Gasteiger charge is -2.06. The second-order valence-electron chi connectivity index (χ2n) is 4.38. The SMILES string of the molecule is COc1cccc(CNC(=O)N/C=C/C2CC2)c1. The summed E-state index contributed by atoms with van der Waals surface area (Å²) in [7, 11) is 1.63. The third kappa shape index (κ3) is 4.13. The predicted octanol–water partition coefficient (Wildman–Crippen LogP) is 2.42. The normalized spacial score (nSPS) is 14.5. The van der Waals surface area contributed by atoms with Crippen LogP contribution >= 0.6 is 0 Å². The van der Waals surface area contributed by atoms with Crippen molar-refractivity contribution in [3.63, 3.8) is 0 Å². The van der Waals surface area contributed by atoms with Crippen molar-refractivity contribution in [1.29, 1.82) is 0 Å². The van der Waals surface area contributed by atoms with Crippen LogP contribution in [0.4, 0.5) is 4.79 Å². The Balaban J connectivity index is 1.73. The topological polar surface area (TPSA) is 50.4 Å². The zero-order valence-corrected chi connectivity index (χ0v) is 10.5. The minimum atomic E-state index is -0.185. The molecular formula is C14H18N2O2. The summed E-state index contributed by atoms with van der Waals surface area (Å²) in [6.45, 7) is 0.486. The van der Waals surface area contributed by atoms with Crippen molar-refractivity contribution < 1.29 is 9.53 Å². The number of allylic oxidation sites excluding steroid dienone is 1. The summed E-state index contributed by atoms with van der Waals surface area (Å²) in [5.74, 6) is 1.46. The number of nitrogens with one attached hydrogen (secondary N) is 2. The second-order valence-corrected chi connectivity index (χ2v) is 4.38. The molecule has 1 aromatic rings. The number of methoxy groups -OCH3 is 1. The van der Waals surface area contributed by atoms with Crippen LogP contribution in [-0.2, 0) is 6.54 Å². The van der Waals surface area contributed by atoms with E-state index < -0.39 is 0 Å². The highest BCUT2D eigenvalue weighted by molar-refractivity contribution is 5.74. The number of carbonyl (C=O) groups is 1. The first-order chi connectivity index (χ1) is 8.78. The Labute approximate surface area is 107 Å². The molecule has 1 aromatic carbocycles. The number of amides is 2. The van der Waals surface area contributed by atoms with E-state index in [0.29, 0.717) is 12.5 Å². The molecule has 4 nitrogen and oxygen atoms in total. The summed E-state index contributed by atoms with van der Waals surface area (Å²) in [6, 6.07) is 7.45. The average Bonchev–Trinajstić information content (AvgIpc) is 3.21. The Morgan fingerprint density at radius 1 is 1.50 bits per heavy atom. The highest BCUT2D eigenvalue weighted by Crippen LogP contribution is 2.29. The van der Waals surface area contributed by atoms with E-state index in [1.165, 1.54) is 12.8 Å². The van der Waals surface area contributed by atoms with Gasteiger partial charge in [-0.2, -0.15) is 0 Å². The van der Waals surface area contributed by atoms with E-state index in [0.717, 1.165) is 11.3 Å². The van der Waals surface area contributed by atoms with Crippen LogP contribution in [0.5, 0.6) is 5.75 Å². The molecule has 2 amide bonds. The Bertz CT molecular complexity index is 439. The van der Waals surface area contributed by atoms with Crippen LogP contribution in [0.25, 0.3) is 0 Å². The highest BCUT2D eigenvalue weighted by atomic mass is 16.5. The lowest BCUT2D eigenvalue weighted by Crippen LogP contribution is -2.31. The molecule has 0 saturated heterocycles. The number of hydrogen-bond acceptors (Lipinski definition) is 2. The van der Waals surface area contributed by atoms with Gasteiger partial charge < -0.3 is 15.4 Å². The van der Waals surface area contributed by atoms with Crippen molar-refractivity contribution in [2.75, 3.05) is 7.11 Å². The first-order valence-corrected chi connectivity index (χ1v) is 6.12. The van der Waals surface area contributed by atoms with Crippen molar-refractivity contribution in [2.24, 2.45) is 5.92 Å². The molecule has 0 aliphatic heterocycles. The van der Waals surface area contributed by atoms with Crippen LogP contribution in [0.3, 0.4) is 0 Å². The van der Waals surface area contributed by atoms with E-state index in [1.807, 2.05) is 30.3 Å². The van der Waals surface area contributed by atoms with Gasteiger partial charge in [-0.1, -0.05) is 18.2 Å². The summed E-state index contributed by atoms with van der Waals surface area (Å²) < 4.78 is 5.12. The molecule has 0 spiro atoms. The van der Waals surface area contributed by atoms with Gasteiger partial charge in [-0.3, -0.25) is 0 Å². The Morgan fingerprint density at radius 2 is 2.33 bits per heavy atom. The van der Waals surface area contributed by atoms with E-state index in [9.17, 15) is 4.79 Å². The average molecular weight is 246 g/mol. The zero-order valence-electron chi connectivity index (χ0n) is 10.5. The Hall–Kier alpha value is -1.97. The summed E-state index contributed by atoms with van der Waals surface area (Å²) in [6.07, 6.45) is 6.23. The number of urea groups is 1. The molecule has 1 fully saturated rings. The van der Waals surface area contributed by atoms with Gasteiger partial charge in [0.25, 0.3) is 0 Å². The molecule has 0 unspecified atom stereocenters. The first-order valence-electron chi connectivity index (χ1n) is 6.12. The minimum Gasteiger partial charge on any atom is -0.497 e. The molecule has 1 aliphatic carbocycles. The van der Waals surface area contributed by atoms with Crippen molar-refractivity contribution in [2.45, 2.75) is 19.4 Å². The summed E-state index contributed by atoms with van der Waals surface area (Å²) >= 11 is 0. The number of benzene rings is 1. The van der Waals surface area contributed by atoms with Crippen LogP contribution in [-0.4, -0.2) is 13.1 Å². The lowest BCUT2D eigenvalue weighted by molar-refractivity contribution is 0.243. The number of rotatable bonds is 5. The Kier molecular flexibility index (Phi) is 4.23. The predicted molar refractivity (Wildman–Crippen MR) is 70.2 cm³/mol. The van der Waals surface area contributed by atoms with Crippen molar-refractivity contribution >= 4 is 6.03 Å². The maximum Gasteiger partial charge on any atom is 0.319 e. The number of carbonyl (C=O) groups excluding carboxylic acids is 1. The molecule has 0 heterocycles. The third-order valence-electron chi connectivity index (χ3n) is 2.79. The van der Waals surface area contributed by atoms with Crippen LogP contribution in [0.1, 0.15) is 18.4 Å². The third-order valence-corrected chi connectivity index (χ3v) is 2.79. The summed E-state index contributed by atoms with van der Waals surface area (Å²) in [5, 5.41) is 5.48. The molecule has 0 bridgehead atoms. The van der Waals surface area contributed by atoms with Crippen molar-refractivity contribution in [3.8, 4) is 5.75 Å². The zero-order chi connectivity index (χ0) is 12.8. The van der Waals surface area contributed by atoms with Gasteiger partial charge in [0.1, 0.15) is 5.75 Å². The molecule has 0 aromatic heterocycles. The van der Waals surface area contributed by atoms with Crippen molar-refractivity contribution in [3.05, 3.63) is 42.1 Å². The quantitative estimate of drug-likeness (QED) is 0.838. The van der Waals surface area contributed by atoms with Gasteiger partial charge in [0.2, 0.25) is 0 Å². The second kappa shape index (κ2) is 6.10. The number of ether oxygens (including phenoxy) is 1. The molecule has 0 atom stereocenters. The van der Waals surface area contributed by atoms with E-state index in [1.54, 1.807) is 13.3 Å². The van der Waals surface area contributed by atoms with Crippen LogP contribution < -0.4 is 15.4 Å². The summed E-state index contributed by atoms with van der Waals surface area (Å²) in [5.41, 5.74) is 1.01. The van der Waals surface area contributed by atoms with E-state index in [4.69, 9.17) is 4.74 Å². The van der Waals surface area contributed by atoms with E-state index in [2.05, 4.69) is 10.6 Å². The smallest absolute Gasteiger partial charge is 0.319 e. The van der Waals surface area contributed by atoms with Crippen LogP contribution in [0, 0.1) is 5.92 Å². The van der Waals surface area contributed by atoms with Gasteiger partial charge in [-0.25, -0.2) is 4.79 Å². The fourth-order valence-corrected chi connectivity index (χ4v) is 1.56. The fraction of sp³-hybridized carbons (Fsp3) is 0.357. The number of hydrogen-bond donors (Lipinski definition) is 2. The lowest BCUT2D eigenvalue weighted by atomic mass is 10.2. The van der Waals surface area contributed by atoms with Crippen LogP contribution in [0.2, 0.25) is 0 Å².